The van der Waals surface area contributed by atoms with Gasteiger partial charge in [0.05, 0.1) is 28.7 Å². The minimum absolute atomic E-state index is 0.102. The first-order valence-electron chi connectivity index (χ1n) is 8.78. The largest absolute Gasteiger partial charge is 0.468 e. The predicted molar refractivity (Wildman–Crippen MR) is 99.8 cm³/mol. The van der Waals surface area contributed by atoms with Crippen LogP contribution >= 0.6 is 0 Å². The van der Waals surface area contributed by atoms with Crippen LogP contribution in [0.4, 0.5) is 0 Å². The van der Waals surface area contributed by atoms with Gasteiger partial charge in [0.25, 0.3) is 5.91 Å². The van der Waals surface area contributed by atoms with E-state index in [2.05, 4.69) is 9.97 Å². The van der Waals surface area contributed by atoms with E-state index in [4.69, 9.17) is 4.42 Å². The average molecular weight is 385 g/mol. The summed E-state index contributed by atoms with van der Waals surface area (Å²) in [5, 5.41) is -0.464. The van der Waals surface area contributed by atoms with Gasteiger partial charge in [-0.1, -0.05) is 12.1 Å². The number of hydrogen-bond acceptors (Lipinski definition) is 6. The van der Waals surface area contributed by atoms with Gasteiger partial charge in [-0.25, -0.2) is 13.4 Å². The molecule has 3 heterocycles. The predicted octanol–water partition coefficient (Wildman–Crippen LogP) is 2.44. The second kappa shape index (κ2) is 7.11. The number of carbonyl (C=O) groups excluding carboxylic acids is 1. The number of piperidine rings is 1. The summed E-state index contributed by atoms with van der Waals surface area (Å²) in [5.74, 6) is 0.129. The molecule has 3 aromatic rings. The van der Waals surface area contributed by atoms with Crippen LogP contribution in [-0.4, -0.2) is 47.5 Å². The van der Waals surface area contributed by atoms with Crippen LogP contribution in [0.15, 0.2) is 53.3 Å². The van der Waals surface area contributed by atoms with E-state index >= 15 is 0 Å². The third kappa shape index (κ3) is 3.71. The number of fused-ring (bicyclic) bond motifs is 1. The Kier molecular flexibility index (Phi) is 4.65. The molecule has 0 spiro atoms. The zero-order valence-corrected chi connectivity index (χ0v) is 15.4. The summed E-state index contributed by atoms with van der Waals surface area (Å²) >= 11 is 0. The quantitative estimate of drug-likeness (QED) is 0.685. The van der Waals surface area contributed by atoms with Crippen molar-refractivity contribution in [3.05, 3.63) is 60.3 Å². The summed E-state index contributed by atoms with van der Waals surface area (Å²) in [6.45, 7) is 0.769. The van der Waals surface area contributed by atoms with E-state index in [1.54, 1.807) is 17.0 Å². The van der Waals surface area contributed by atoms with Crippen molar-refractivity contribution >= 4 is 26.8 Å². The van der Waals surface area contributed by atoms with Crippen LogP contribution in [0.1, 0.15) is 29.1 Å². The molecule has 7 nitrogen and oxygen atoms in total. The Morgan fingerprint density at radius 1 is 1.11 bits per heavy atom. The van der Waals surface area contributed by atoms with Crippen LogP contribution in [0.2, 0.25) is 0 Å². The molecular formula is C19H19N3O4S. The topological polar surface area (TPSA) is 93.4 Å². The Morgan fingerprint density at radius 2 is 1.85 bits per heavy atom. The number of hydrogen-bond donors (Lipinski definition) is 0. The first-order valence-corrected chi connectivity index (χ1v) is 10.5. The molecule has 1 fully saturated rings. The maximum Gasteiger partial charge on any atom is 0.274 e. The highest BCUT2D eigenvalue weighted by Crippen LogP contribution is 2.23. The lowest BCUT2D eigenvalue weighted by Crippen LogP contribution is -2.43. The van der Waals surface area contributed by atoms with Crippen molar-refractivity contribution in [2.45, 2.75) is 23.8 Å². The lowest BCUT2D eigenvalue weighted by molar-refractivity contribution is 0.0719. The summed E-state index contributed by atoms with van der Waals surface area (Å²) in [4.78, 5) is 23.0. The van der Waals surface area contributed by atoms with Crippen LogP contribution in [0.25, 0.3) is 11.0 Å². The van der Waals surface area contributed by atoms with E-state index in [0.29, 0.717) is 37.2 Å². The Hall–Kier alpha value is -2.74. The molecular weight excluding hydrogens is 366 g/mol. The molecule has 140 valence electrons. The normalized spacial score (nSPS) is 15.9. The number of aromatic nitrogens is 2. The lowest BCUT2D eigenvalue weighted by atomic mass is 10.1. The molecule has 0 radical (unpaired) electrons. The average Bonchev–Trinajstić information content (AvgIpc) is 3.19. The van der Waals surface area contributed by atoms with Gasteiger partial charge in [0.2, 0.25) is 0 Å². The maximum absolute atomic E-state index is 12.7. The summed E-state index contributed by atoms with van der Waals surface area (Å²) in [6.07, 6.45) is 3.77. The second-order valence-corrected chi connectivity index (χ2v) is 8.90. The van der Waals surface area contributed by atoms with Gasteiger partial charge in [-0.2, -0.15) is 0 Å². The van der Waals surface area contributed by atoms with Crippen molar-refractivity contribution < 1.29 is 17.6 Å². The van der Waals surface area contributed by atoms with E-state index in [0.717, 1.165) is 5.52 Å². The molecule has 4 rings (SSSR count). The number of carbonyl (C=O) groups is 1. The molecule has 27 heavy (non-hydrogen) atoms. The Bertz CT molecular complexity index is 1060. The molecule has 1 amide bonds. The minimum Gasteiger partial charge on any atom is -0.468 e. The fourth-order valence-corrected chi connectivity index (χ4v) is 5.08. The lowest BCUT2D eigenvalue weighted by Gasteiger charge is -2.31. The van der Waals surface area contributed by atoms with Crippen LogP contribution in [0.3, 0.4) is 0 Å². The van der Waals surface area contributed by atoms with E-state index in [-0.39, 0.29) is 17.4 Å². The van der Waals surface area contributed by atoms with Crippen molar-refractivity contribution in [2.75, 3.05) is 13.1 Å². The van der Waals surface area contributed by atoms with Crippen LogP contribution in [-0.2, 0) is 15.6 Å². The van der Waals surface area contributed by atoms with Gasteiger partial charge in [-0.15, -0.1) is 0 Å². The zero-order chi connectivity index (χ0) is 18.9. The van der Waals surface area contributed by atoms with Gasteiger partial charge in [0.1, 0.15) is 17.2 Å². The molecule has 8 heteroatoms. The molecule has 0 atom stereocenters. The number of nitrogens with zero attached hydrogens (tertiary/aromatic N) is 3. The molecule has 1 aliphatic heterocycles. The molecule has 2 aromatic heterocycles. The fourth-order valence-electron chi connectivity index (χ4n) is 3.35. The molecule has 0 bridgehead atoms. The SMILES string of the molecule is O=C(c1cnc2ccccc2n1)N1CCC(S(=O)(=O)Cc2ccco2)CC1. The van der Waals surface area contributed by atoms with E-state index < -0.39 is 15.1 Å². The molecule has 0 aliphatic carbocycles. The number of furan rings is 1. The van der Waals surface area contributed by atoms with Gasteiger partial charge < -0.3 is 9.32 Å². The zero-order valence-electron chi connectivity index (χ0n) is 14.6. The Labute approximate surface area is 156 Å². The van der Waals surface area contributed by atoms with Crippen molar-refractivity contribution in [3.63, 3.8) is 0 Å². The molecule has 1 aliphatic rings. The third-order valence-corrected chi connectivity index (χ3v) is 7.00. The number of sulfone groups is 1. The molecule has 0 N–H and O–H groups in total. The highest BCUT2D eigenvalue weighted by atomic mass is 32.2. The van der Waals surface area contributed by atoms with Gasteiger partial charge in [-0.3, -0.25) is 9.78 Å². The third-order valence-electron chi connectivity index (χ3n) is 4.83. The number of amides is 1. The maximum atomic E-state index is 12.7. The highest BCUT2D eigenvalue weighted by molar-refractivity contribution is 7.91. The van der Waals surface area contributed by atoms with Gasteiger partial charge >= 0.3 is 0 Å². The summed E-state index contributed by atoms with van der Waals surface area (Å²) in [7, 11) is -3.31. The second-order valence-electron chi connectivity index (χ2n) is 6.62. The fraction of sp³-hybridized carbons (Fsp3) is 0.316. The summed E-state index contributed by atoms with van der Waals surface area (Å²) in [6, 6.07) is 10.7. The minimum atomic E-state index is -3.31. The van der Waals surface area contributed by atoms with Crippen molar-refractivity contribution in [2.24, 2.45) is 0 Å². The van der Waals surface area contributed by atoms with Crippen LogP contribution in [0.5, 0.6) is 0 Å². The summed E-state index contributed by atoms with van der Waals surface area (Å²) < 4.78 is 30.3. The Morgan fingerprint density at radius 3 is 2.56 bits per heavy atom. The molecule has 0 saturated carbocycles. The molecule has 0 unspecified atom stereocenters. The highest BCUT2D eigenvalue weighted by Gasteiger charge is 2.32. The van der Waals surface area contributed by atoms with E-state index in [1.165, 1.54) is 12.5 Å². The summed E-state index contributed by atoms with van der Waals surface area (Å²) in [5.41, 5.74) is 1.68. The standard InChI is InChI=1S/C19H19N3O4S/c23-19(18-12-20-16-5-1-2-6-17(16)21-18)22-9-7-15(8-10-22)27(24,25)13-14-4-3-11-26-14/h1-6,11-12,15H,7-10,13H2. The van der Waals surface area contributed by atoms with Crippen LogP contribution in [0, 0.1) is 0 Å². The molecule has 1 aromatic carbocycles. The first-order chi connectivity index (χ1) is 13.0. The van der Waals surface area contributed by atoms with E-state index in [1.807, 2.05) is 24.3 Å². The number of rotatable bonds is 4. The van der Waals surface area contributed by atoms with Gasteiger partial charge in [0, 0.05) is 13.1 Å². The van der Waals surface area contributed by atoms with Crippen LogP contribution < -0.4 is 0 Å². The monoisotopic (exact) mass is 385 g/mol. The van der Waals surface area contributed by atoms with Crippen molar-refractivity contribution in [3.8, 4) is 0 Å². The number of para-hydroxylation sites is 2. The van der Waals surface area contributed by atoms with Gasteiger partial charge in [-0.05, 0) is 37.1 Å². The molecule has 1 saturated heterocycles. The van der Waals surface area contributed by atoms with Crippen molar-refractivity contribution in [1.29, 1.82) is 0 Å². The Balaban J connectivity index is 1.43. The number of likely N-dealkylation sites (tertiary alicyclic amines) is 1. The smallest absolute Gasteiger partial charge is 0.274 e. The first kappa shape index (κ1) is 17.7. The van der Waals surface area contributed by atoms with Crippen molar-refractivity contribution in [1.82, 2.24) is 14.9 Å². The van der Waals surface area contributed by atoms with E-state index in [9.17, 15) is 13.2 Å². The number of benzene rings is 1. The van der Waals surface area contributed by atoms with Gasteiger partial charge in [0.15, 0.2) is 9.84 Å².